The van der Waals surface area contributed by atoms with E-state index in [0.717, 1.165) is 23.6 Å². The van der Waals surface area contributed by atoms with Crippen LogP contribution in [0.5, 0.6) is 0 Å². The molecule has 0 aliphatic rings. The third kappa shape index (κ3) is 4.67. The first kappa shape index (κ1) is 21.9. The molecule has 1 unspecified atom stereocenters. The van der Waals surface area contributed by atoms with Gasteiger partial charge in [-0.15, -0.1) is 11.3 Å². The number of nitrogens with zero attached hydrogens (tertiary/aromatic N) is 2. The summed E-state index contributed by atoms with van der Waals surface area (Å²) in [6.07, 6.45) is -3.76. The number of pyridine rings is 1. The quantitative estimate of drug-likeness (QED) is 0.380. The number of carbonyl (C=O) groups excluding carboxylic acids is 1. The molecule has 0 fully saturated rings. The Morgan fingerprint density at radius 1 is 1.23 bits per heavy atom. The van der Waals surface area contributed by atoms with Crippen LogP contribution in [0, 0.1) is 0 Å². The molecule has 6 N–H and O–H groups in total. The van der Waals surface area contributed by atoms with Gasteiger partial charge in [0.1, 0.15) is 10.7 Å². The van der Waals surface area contributed by atoms with Gasteiger partial charge in [0, 0.05) is 12.7 Å². The molecule has 3 rings (SSSR count). The second kappa shape index (κ2) is 8.92. The van der Waals surface area contributed by atoms with Crippen LogP contribution in [0.15, 0.2) is 30.5 Å². The molecule has 30 heavy (non-hydrogen) atoms. The first-order valence-corrected chi connectivity index (χ1v) is 9.52. The molecule has 0 aliphatic carbocycles. The number of carbonyl (C=O) groups is 1. The van der Waals surface area contributed by atoms with Gasteiger partial charge < -0.3 is 26.2 Å². The predicted octanol–water partition coefficient (Wildman–Crippen LogP) is 1.97. The van der Waals surface area contributed by atoms with Gasteiger partial charge in [0.15, 0.2) is 0 Å². The third-order valence-corrected chi connectivity index (χ3v) is 5.42. The van der Waals surface area contributed by atoms with Gasteiger partial charge >= 0.3 is 6.18 Å². The molecule has 0 radical (unpaired) electrons. The van der Waals surface area contributed by atoms with E-state index >= 15 is 0 Å². The Labute approximate surface area is 172 Å². The number of nitrogens with two attached hydrogens (primary N) is 1. The maximum absolute atomic E-state index is 12.7. The van der Waals surface area contributed by atoms with Crippen molar-refractivity contribution in [1.29, 1.82) is 0 Å². The van der Waals surface area contributed by atoms with Gasteiger partial charge in [-0.05, 0) is 24.3 Å². The standard InChI is InChI=1S/C18H18F3N5O3S/c19-18(20,21)9-1-2-10(23-6-9)11-3-4-12(24-11)16(29)25-13(5-22)17-26-14(7-27)15(8-28)30-17/h1-4,6,13,24,27-28H,5,7-8,22H2,(H,25,29). The van der Waals surface area contributed by atoms with Crippen LogP contribution in [0.3, 0.4) is 0 Å². The molecule has 0 spiro atoms. The first-order chi connectivity index (χ1) is 14.3. The highest BCUT2D eigenvalue weighted by Gasteiger charge is 2.30. The van der Waals surface area contributed by atoms with Gasteiger partial charge in [-0.3, -0.25) is 9.78 Å². The van der Waals surface area contributed by atoms with E-state index in [1.807, 2.05) is 0 Å². The average molecular weight is 441 g/mol. The van der Waals surface area contributed by atoms with Crippen molar-refractivity contribution in [3.8, 4) is 11.4 Å². The molecule has 0 saturated carbocycles. The van der Waals surface area contributed by atoms with E-state index in [9.17, 15) is 28.2 Å². The Bertz CT molecular complexity index is 995. The van der Waals surface area contributed by atoms with Crippen molar-refractivity contribution >= 4 is 17.2 Å². The number of aliphatic hydroxyl groups is 2. The zero-order valence-corrected chi connectivity index (χ0v) is 16.2. The molecule has 3 heterocycles. The predicted molar refractivity (Wildman–Crippen MR) is 102 cm³/mol. The number of halogens is 3. The maximum atomic E-state index is 12.7. The highest BCUT2D eigenvalue weighted by atomic mass is 32.1. The second-order valence-corrected chi connectivity index (χ2v) is 7.33. The van der Waals surface area contributed by atoms with Gasteiger partial charge in [-0.1, -0.05) is 0 Å². The lowest BCUT2D eigenvalue weighted by atomic mass is 10.2. The molecule has 0 aliphatic heterocycles. The highest BCUT2D eigenvalue weighted by Crippen LogP contribution is 2.29. The zero-order chi connectivity index (χ0) is 21.9. The number of amides is 1. The number of aromatic nitrogens is 3. The molecule has 12 heteroatoms. The molecule has 3 aromatic heterocycles. The summed E-state index contributed by atoms with van der Waals surface area (Å²) in [5, 5.41) is 21.8. The molecule has 1 amide bonds. The van der Waals surface area contributed by atoms with Crippen LogP contribution in [0.4, 0.5) is 13.2 Å². The fraction of sp³-hybridized carbons (Fsp3) is 0.278. The Hall–Kier alpha value is -2.80. The number of H-pyrrole nitrogens is 1. The highest BCUT2D eigenvalue weighted by molar-refractivity contribution is 7.11. The van der Waals surface area contributed by atoms with Crippen molar-refractivity contribution in [3.05, 3.63) is 57.3 Å². The van der Waals surface area contributed by atoms with Crippen molar-refractivity contribution in [2.45, 2.75) is 25.4 Å². The number of rotatable bonds is 7. The van der Waals surface area contributed by atoms with Crippen LogP contribution in [0.1, 0.15) is 37.7 Å². The monoisotopic (exact) mass is 441 g/mol. The van der Waals surface area contributed by atoms with E-state index in [2.05, 4.69) is 20.3 Å². The summed E-state index contributed by atoms with van der Waals surface area (Å²) in [5.41, 5.74) is 5.97. The Morgan fingerprint density at radius 3 is 2.53 bits per heavy atom. The fourth-order valence-corrected chi connectivity index (χ4v) is 3.65. The van der Waals surface area contributed by atoms with E-state index in [0.29, 0.717) is 21.3 Å². The summed E-state index contributed by atoms with van der Waals surface area (Å²) >= 11 is 1.13. The normalized spacial score (nSPS) is 12.7. The second-order valence-electron chi connectivity index (χ2n) is 6.22. The van der Waals surface area contributed by atoms with Crippen molar-refractivity contribution < 1.29 is 28.2 Å². The molecule has 0 aromatic carbocycles. The van der Waals surface area contributed by atoms with E-state index in [1.165, 1.54) is 18.2 Å². The molecule has 0 saturated heterocycles. The topological polar surface area (TPSA) is 137 Å². The molecule has 1 atom stereocenters. The molecule has 160 valence electrons. The van der Waals surface area contributed by atoms with Crippen LogP contribution in [0.25, 0.3) is 11.4 Å². The van der Waals surface area contributed by atoms with E-state index in [1.54, 1.807) is 0 Å². The number of thiazole rings is 1. The summed E-state index contributed by atoms with van der Waals surface area (Å²) in [6, 6.07) is 4.47. The number of aliphatic hydroxyl groups excluding tert-OH is 2. The number of aromatic amines is 1. The maximum Gasteiger partial charge on any atom is 0.417 e. The number of alkyl halides is 3. The Balaban J connectivity index is 1.74. The minimum Gasteiger partial charge on any atom is -0.391 e. The molecule has 3 aromatic rings. The van der Waals surface area contributed by atoms with Gasteiger partial charge in [0.2, 0.25) is 0 Å². The van der Waals surface area contributed by atoms with Gasteiger partial charge in [0.05, 0.1) is 46.8 Å². The lowest BCUT2D eigenvalue weighted by molar-refractivity contribution is -0.137. The van der Waals surface area contributed by atoms with E-state index in [4.69, 9.17) is 5.73 Å². The smallest absolute Gasteiger partial charge is 0.391 e. The van der Waals surface area contributed by atoms with Gasteiger partial charge in [0.25, 0.3) is 5.91 Å². The molecular formula is C18H18F3N5O3S. The number of hydrogen-bond acceptors (Lipinski definition) is 7. The summed E-state index contributed by atoms with van der Waals surface area (Å²) in [4.78, 5) is 23.8. The lowest BCUT2D eigenvalue weighted by Crippen LogP contribution is -2.33. The van der Waals surface area contributed by atoms with E-state index < -0.39 is 23.7 Å². The molecule has 8 nitrogen and oxygen atoms in total. The molecular weight excluding hydrogens is 423 g/mol. The van der Waals surface area contributed by atoms with Crippen molar-refractivity contribution in [2.24, 2.45) is 5.73 Å². The number of nitrogens with one attached hydrogen (secondary N) is 2. The van der Waals surface area contributed by atoms with Gasteiger partial charge in [-0.2, -0.15) is 13.2 Å². The minimum absolute atomic E-state index is 0.0308. The fourth-order valence-electron chi connectivity index (χ4n) is 2.65. The lowest BCUT2D eigenvalue weighted by Gasteiger charge is -2.13. The van der Waals surface area contributed by atoms with Crippen LogP contribution in [0.2, 0.25) is 0 Å². The summed E-state index contributed by atoms with van der Waals surface area (Å²) in [5.74, 6) is -0.505. The van der Waals surface area contributed by atoms with Crippen LogP contribution >= 0.6 is 11.3 Å². The van der Waals surface area contributed by atoms with Crippen molar-refractivity contribution in [1.82, 2.24) is 20.3 Å². The third-order valence-electron chi connectivity index (χ3n) is 4.22. The zero-order valence-electron chi connectivity index (χ0n) is 15.4. The Morgan fingerprint density at radius 2 is 2.00 bits per heavy atom. The minimum atomic E-state index is -4.48. The summed E-state index contributed by atoms with van der Waals surface area (Å²) < 4.78 is 38.0. The van der Waals surface area contributed by atoms with Crippen LogP contribution in [-0.2, 0) is 19.4 Å². The van der Waals surface area contributed by atoms with Crippen LogP contribution < -0.4 is 11.1 Å². The summed E-state index contributed by atoms with van der Waals surface area (Å²) in [6.45, 7) is -0.611. The average Bonchev–Trinajstić information content (AvgIpc) is 3.38. The van der Waals surface area contributed by atoms with Crippen LogP contribution in [-0.4, -0.2) is 37.6 Å². The largest absolute Gasteiger partial charge is 0.417 e. The Kier molecular flexibility index (Phi) is 6.51. The van der Waals surface area contributed by atoms with Gasteiger partial charge in [-0.25, -0.2) is 4.98 Å². The molecule has 0 bridgehead atoms. The summed E-state index contributed by atoms with van der Waals surface area (Å²) in [7, 11) is 0. The van der Waals surface area contributed by atoms with Crippen molar-refractivity contribution in [3.63, 3.8) is 0 Å². The SMILES string of the molecule is NCC(NC(=O)c1ccc(-c2ccc(C(F)(F)F)cn2)[nH]1)c1nc(CO)c(CO)s1. The number of hydrogen-bond donors (Lipinski definition) is 5. The van der Waals surface area contributed by atoms with E-state index in [-0.39, 0.29) is 31.1 Å². The first-order valence-electron chi connectivity index (χ1n) is 8.70. The van der Waals surface area contributed by atoms with Crippen molar-refractivity contribution in [2.75, 3.05) is 6.54 Å².